The fourth-order valence-electron chi connectivity index (χ4n) is 5.09. The van der Waals surface area contributed by atoms with Gasteiger partial charge in [0.25, 0.3) is 5.91 Å². The van der Waals surface area contributed by atoms with Crippen LogP contribution < -0.4 is 5.32 Å². The minimum Gasteiger partial charge on any atom is -0.381 e. The Morgan fingerprint density at radius 1 is 1.12 bits per heavy atom. The minimum absolute atomic E-state index is 0.0299. The number of nitrogens with one attached hydrogen (secondary N) is 1. The molecule has 8 nitrogen and oxygen atoms in total. The van der Waals surface area contributed by atoms with Crippen LogP contribution in [0.15, 0.2) is 18.3 Å². The van der Waals surface area contributed by atoms with Crippen molar-refractivity contribution in [2.24, 2.45) is 11.8 Å². The topological polar surface area (TPSA) is 75.0 Å². The van der Waals surface area contributed by atoms with Crippen LogP contribution in [0.2, 0.25) is 0 Å². The molecule has 174 valence electrons. The van der Waals surface area contributed by atoms with Crippen molar-refractivity contribution in [3.8, 4) is 0 Å². The van der Waals surface area contributed by atoms with Crippen molar-refractivity contribution in [2.75, 3.05) is 45.9 Å². The Morgan fingerprint density at radius 2 is 1.94 bits per heavy atom. The van der Waals surface area contributed by atoms with Crippen LogP contribution in [0.3, 0.4) is 0 Å². The first-order valence-corrected chi connectivity index (χ1v) is 12.3. The Labute approximate surface area is 190 Å². The van der Waals surface area contributed by atoms with E-state index in [0.29, 0.717) is 24.1 Å². The van der Waals surface area contributed by atoms with E-state index in [1.165, 1.54) is 19.4 Å². The number of nitrogens with zero attached hydrogens (tertiary/aromatic N) is 5. The Kier molecular flexibility index (Phi) is 6.44. The predicted molar refractivity (Wildman–Crippen MR) is 123 cm³/mol. The molecule has 1 amide bonds. The predicted octanol–water partition coefficient (Wildman–Crippen LogP) is 2.36. The Bertz CT molecular complexity index is 934. The largest absolute Gasteiger partial charge is 0.381 e. The zero-order valence-electron chi connectivity index (χ0n) is 19.4. The van der Waals surface area contributed by atoms with Gasteiger partial charge in [-0.25, -0.2) is 0 Å². The van der Waals surface area contributed by atoms with Crippen LogP contribution in [0.5, 0.6) is 0 Å². The highest BCUT2D eigenvalue weighted by Crippen LogP contribution is 2.33. The van der Waals surface area contributed by atoms with E-state index in [4.69, 9.17) is 4.74 Å². The molecular weight excluding hydrogens is 404 g/mol. The molecule has 0 bridgehead atoms. The van der Waals surface area contributed by atoms with Gasteiger partial charge in [0.15, 0.2) is 11.5 Å². The lowest BCUT2D eigenvalue weighted by atomic mass is 10.0. The highest BCUT2D eigenvalue weighted by Gasteiger charge is 2.35. The van der Waals surface area contributed by atoms with Crippen LogP contribution in [0, 0.1) is 11.8 Å². The fourth-order valence-corrected chi connectivity index (χ4v) is 5.09. The highest BCUT2D eigenvalue weighted by atomic mass is 16.5. The van der Waals surface area contributed by atoms with E-state index in [9.17, 15) is 4.79 Å². The Balaban J connectivity index is 1.35. The van der Waals surface area contributed by atoms with Gasteiger partial charge in [-0.15, -0.1) is 10.2 Å². The standard InChI is InChI=1S/C24H36N6O2/c1-17(2)29-10-9-28(14-19-3-4-19)16-21(29)23-27-26-22-6-5-20(15-30(22)23)24(31)25-13-18-7-11-32-12-8-18/h5-6,15,17-19,21H,3-4,7-14,16H2,1-2H3,(H,25,31)/t21-/m0/s1. The number of piperazine rings is 1. The van der Waals surface area contributed by atoms with Gasteiger partial charge in [0.2, 0.25) is 0 Å². The molecule has 1 N–H and O–H groups in total. The van der Waals surface area contributed by atoms with Gasteiger partial charge in [-0.3, -0.25) is 19.0 Å². The summed E-state index contributed by atoms with van der Waals surface area (Å²) in [5, 5.41) is 12.1. The van der Waals surface area contributed by atoms with Crippen LogP contribution in [-0.2, 0) is 4.74 Å². The average molecular weight is 441 g/mol. The van der Waals surface area contributed by atoms with Gasteiger partial charge in [0.05, 0.1) is 11.6 Å². The summed E-state index contributed by atoms with van der Waals surface area (Å²) in [6.45, 7) is 11.1. The van der Waals surface area contributed by atoms with Crippen molar-refractivity contribution in [3.63, 3.8) is 0 Å². The summed E-state index contributed by atoms with van der Waals surface area (Å²) < 4.78 is 7.45. The molecule has 3 aliphatic rings. The van der Waals surface area contributed by atoms with E-state index >= 15 is 0 Å². The minimum atomic E-state index is -0.0299. The van der Waals surface area contributed by atoms with Gasteiger partial charge in [-0.1, -0.05) is 0 Å². The van der Waals surface area contributed by atoms with Gasteiger partial charge < -0.3 is 10.1 Å². The van der Waals surface area contributed by atoms with Crippen molar-refractivity contribution >= 4 is 11.6 Å². The molecule has 1 atom stereocenters. The second kappa shape index (κ2) is 9.45. The van der Waals surface area contributed by atoms with Crippen molar-refractivity contribution in [1.82, 2.24) is 29.7 Å². The van der Waals surface area contributed by atoms with Gasteiger partial charge >= 0.3 is 0 Å². The molecule has 5 rings (SSSR count). The lowest BCUT2D eigenvalue weighted by Gasteiger charge is -2.42. The summed E-state index contributed by atoms with van der Waals surface area (Å²) in [4.78, 5) is 18.0. The smallest absolute Gasteiger partial charge is 0.252 e. The maximum absolute atomic E-state index is 12.9. The van der Waals surface area contributed by atoms with Crippen LogP contribution in [0.1, 0.15) is 61.8 Å². The number of ether oxygens (including phenoxy) is 1. The maximum Gasteiger partial charge on any atom is 0.252 e. The van der Waals surface area contributed by atoms with Crippen LogP contribution in [0.4, 0.5) is 0 Å². The third kappa shape index (κ3) is 4.82. The summed E-state index contributed by atoms with van der Waals surface area (Å²) in [5.74, 6) is 2.29. The second-order valence-electron chi connectivity index (χ2n) is 10.0. The van der Waals surface area contributed by atoms with E-state index in [1.54, 1.807) is 0 Å². The van der Waals surface area contributed by atoms with E-state index in [0.717, 1.165) is 63.1 Å². The number of carbonyl (C=O) groups excluding carboxylic acids is 1. The molecule has 2 aliphatic heterocycles. The SMILES string of the molecule is CC(C)N1CCN(CC2CC2)C[C@H]1c1nnc2ccc(C(=O)NCC3CCOCC3)cn12. The van der Waals surface area contributed by atoms with Gasteiger partial charge in [0, 0.05) is 58.2 Å². The molecule has 0 radical (unpaired) electrons. The first-order valence-electron chi connectivity index (χ1n) is 12.3. The zero-order valence-corrected chi connectivity index (χ0v) is 19.4. The first kappa shape index (κ1) is 21.8. The molecule has 1 saturated carbocycles. The number of carbonyl (C=O) groups is 1. The molecule has 2 saturated heterocycles. The van der Waals surface area contributed by atoms with Crippen LogP contribution >= 0.6 is 0 Å². The molecule has 8 heteroatoms. The highest BCUT2D eigenvalue weighted by molar-refractivity contribution is 5.94. The lowest BCUT2D eigenvalue weighted by Crippen LogP contribution is -2.51. The lowest BCUT2D eigenvalue weighted by molar-refractivity contribution is 0.0437. The van der Waals surface area contributed by atoms with E-state index in [-0.39, 0.29) is 11.9 Å². The fraction of sp³-hybridized carbons (Fsp3) is 0.708. The number of rotatable bonds is 7. The molecule has 1 aliphatic carbocycles. The number of hydrogen-bond acceptors (Lipinski definition) is 6. The Hall–Kier alpha value is -2.03. The van der Waals surface area contributed by atoms with Crippen molar-refractivity contribution < 1.29 is 9.53 Å². The van der Waals surface area contributed by atoms with Crippen LogP contribution in [-0.4, -0.2) is 82.3 Å². The molecule has 4 heterocycles. The summed E-state index contributed by atoms with van der Waals surface area (Å²) in [6.07, 6.45) is 6.69. The summed E-state index contributed by atoms with van der Waals surface area (Å²) in [5.41, 5.74) is 1.45. The van der Waals surface area contributed by atoms with E-state index < -0.39 is 0 Å². The zero-order chi connectivity index (χ0) is 22.1. The summed E-state index contributed by atoms with van der Waals surface area (Å²) in [7, 11) is 0. The second-order valence-corrected chi connectivity index (χ2v) is 10.0. The van der Waals surface area contributed by atoms with Gasteiger partial charge in [0.1, 0.15) is 0 Å². The van der Waals surface area contributed by atoms with Gasteiger partial charge in [-0.05, 0) is 63.5 Å². The van der Waals surface area contributed by atoms with Crippen molar-refractivity contribution in [3.05, 3.63) is 29.7 Å². The van der Waals surface area contributed by atoms with Crippen molar-refractivity contribution in [2.45, 2.75) is 51.6 Å². The van der Waals surface area contributed by atoms with E-state index in [2.05, 4.69) is 39.2 Å². The number of pyridine rings is 1. The third-order valence-corrected chi connectivity index (χ3v) is 7.26. The monoisotopic (exact) mass is 440 g/mol. The van der Waals surface area contributed by atoms with Gasteiger partial charge in [-0.2, -0.15) is 0 Å². The summed E-state index contributed by atoms with van der Waals surface area (Å²) in [6, 6.07) is 4.37. The van der Waals surface area contributed by atoms with Crippen LogP contribution in [0.25, 0.3) is 5.65 Å². The molecule has 32 heavy (non-hydrogen) atoms. The Morgan fingerprint density at radius 3 is 2.69 bits per heavy atom. The molecule has 3 fully saturated rings. The molecule has 0 spiro atoms. The average Bonchev–Trinajstić information content (AvgIpc) is 3.52. The molecule has 2 aromatic rings. The maximum atomic E-state index is 12.9. The first-order chi connectivity index (χ1) is 15.6. The quantitative estimate of drug-likeness (QED) is 0.713. The number of hydrogen-bond donors (Lipinski definition) is 1. The number of amides is 1. The van der Waals surface area contributed by atoms with E-state index in [1.807, 2.05) is 22.7 Å². The third-order valence-electron chi connectivity index (χ3n) is 7.26. The van der Waals surface area contributed by atoms with Crippen molar-refractivity contribution in [1.29, 1.82) is 0 Å². The molecule has 2 aromatic heterocycles. The summed E-state index contributed by atoms with van der Waals surface area (Å²) >= 11 is 0. The molecule has 0 aromatic carbocycles. The number of fused-ring (bicyclic) bond motifs is 1. The number of aromatic nitrogens is 3. The molecular formula is C24H36N6O2. The normalized spacial score (nSPS) is 23.8. The molecule has 0 unspecified atom stereocenters.